The summed E-state index contributed by atoms with van der Waals surface area (Å²) in [6.45, 7) is 4.22. The second-order valence-corrected chi connectivity index (χ2v) is 6.59. The lowest BCUT2D eigenvalue weighted by atomic mass is 9.96. The standard InChI is InChI=1S/C22H26N4O4/c1-4-29-21(27)19-14(2)24-22(26-23)25-20(19)16-10-11-17(18(12-16)28-3)30-13-15-8-6-5-7-9-15/h5-12,20H,4,13,23H2,1-3H3,(H2,24,25,26)/t20-/m0/s1. The van der Waals surface area contributed by atoms with E-state index in [1.807, 2.05) is 42.5 Å². The van der Waals surface area contributed by atoms with Gasteiger partial charge in [-0.05, 0) is 37.1 Å². The summed E-state index contributed by atoms with van der Waals surface area (Å²) in [6, 6.07) is 14.7. The number of benzene rings is 2. The fourth-order valence-corrected chi connectivity index (χ4v) is 3.17. The number of ether oxygens (including phenoxy) is 3. The maximum Gasteiger partial charge on any atom is 0.338 e. The minimum Gasteiger partial charge on any atom is -0.493 e. The number of hydrazine groups is 1. The number of nitrogens with two attached hydrogens (primary N) is 1. The minimum atomic E-state index is -0.603. The Morgan fingerprint density at radius 3 is 2.63 bits per heavy atom. The number of rotatable bonds is 7. The molecule has 0 spiro atoms. The maximum atomic E-state index is 12.6. The van der Waals surface area contributed by atoms with Crippen LogP contribution in [0.3, 0.4) is 0 Å². The van der Waals surface area contributed by atoms with E-state index < -0.39 is 12.0 Å². The second kappa shape index (κ2) is 9.80. The molecule has 1 aliphatic rings. The molecule has 2 aromatic carbocycles. The van der Waals surface area contributed by atoms with Gasteiger partial charge < -0.3 is 19.5 Å². The number of hydrogen-bond donors (Lipinski definition) is 3. The van der Waals surface area contributed by atoms with Gasteiger partial charge in [-0.1, -0.05) is 36.4 Å². The van der Waals surface area contributed by atoms with Crippen molar-refractivity contribution in [1.82, 2.24) is 10.7 Å². The number of nitrogens with one attached hydrogen (secondary N) is 2. The van der Waals surface area contributed by atoms with Crippen LogP contribution in [0.5, 0.6) is 11.5 Å². The Bertz CT molecular complexity index is 957. The molecule has 1 aliphatic heterocycles. The average Bonchev–Trinajstić information content (AvgIpc) is 2.77. The predicted octanol–water partition coefficient (Wildman–Crippen LogP) is 2.57. The van der Waals surface area contributed by atoms with Gasteiger partial charge in [-0.15, -0.1) is 0 Å². The first-order valence-corrected chi connectivity index (χ1v) is 9.61. The molecule has 0 fully saturated rings. The number of carbonyl (C=O) groups is 1. The highest BCUT2D eigenvalue weighted by Crippen LogP contribution is 2.36. The van der Waals surface area contributed by atoms with Crippen molar-refractivity contribution >= 4 is 11.9 Å². The van der Waals surface area contributed by atoms with Crippen LogP contribution in [-0.2, 0) is 16.1 Å². The highest BCUT2D eigenvalue weighted by Gasteiger charge is 2.30. The molecule has 0 aliphatic carbocycles. The summed E-state index contributed by atoms with van der Waals surface area (Å²) in [5.74, 6) is 6.59. The van der Waals surface area contributed by atoms with Crippen molar-refractivity contribution < 1.29 is 19.0 Å². The number of aliphatic imine (C=N–C) groups is 1. The zero-order chi connectivity index (χ0) is 21.5. The van der Waals surface area contributed by atoms with Gasteiger partial charge in [0, 0.05) is 5.70 Å². The van der Waals surface area contributed by atoms with Gasteiger partial charge in [-0.3, -0.25) is 5.43 Å². The predicted molar refractivity (Wildman–Crippen MR) is 114 cm³/mol. The van der Waals surface area contributed by atoms with Crippen LogP contribution in [0.15, 0.2) is 64.8 Å². The zero-order valence-electron chi connectivity index (χ0n) is 17.3. The van der Waals surface area contributed by atoms with E-state index in [4.69, 9.17) is 20.1 Å². The summed E-state index contributed by atoms with van der Waals surface area (Å²) in [5, 5.41) is 2.97. The molecule has 8 nitrogen and oxygen atoms in total. The monoisotopic (exact) mass is 410 g/mol. The molecule has 0 bridgehead atoms. The lowest BCUT2D eigenvalue weighted by molar-refractivity contribution is -0.138. The zero-order valence-corrected chi connectivity index (χ0v) is 17.3. The third-order valence-electron chi connectivity index (χ3n) is 4.61. The van der Waals surface area contributed by atoms with Gasteiger partial charge in [0.25, 0.3) is 0 Å². The molecule has 0 radical (unpaired) electrons. The van der Waals surface area contributed by atoms with Crippen LogP contribution in [-0.4, -0.2) is 25.6 Å². The second-order valence-electron chi connectivity index (χ2n) is 6.59. The van der Waals surface area contributed by atoms with Crippen molar-refractivity contribution in [2.45, 2.75) is 26.5 Å². The van der Waals surface area contributed by atoms with Crippen molar-refractivity contribution in [3.63, 3.8) is 0 Å². The van der Waals surface area contributed by atoms with Crippen molar-refractivity contribution in [2.24, 2.45) is 10.8 Å². The maximum absolute atomic E-state index is 12.6. The molecule has 158 valence electrons. The average molecular weight is 410 g/mol. The molecule has 1 heterocycles. The Balaban J connectivity index is 1.91. The first-order valence-electron chi connectivity index (χ1n) is 9.61. The van der Waals surface area contributed by atoms with E-state index in [0.29, 0.717) is 35.3 Å². The molecule has 8 heteroatoms. The highest BCUT2D eigenvalue weighted by molar-refractivity contribution is 5.95. The lowest BCUT2D eigenvalue weighted by Crippen LogP contribution is -2.44. The van der Waals surface area contributed by atoms with E-state index in [9.17, 15) is 4.79 Å². The third kappa shape index (κ3) is 4.72. The van der Waals surface area contributed by atoms with Crippen LogP contribution in [0, 0.1) is 0 Å². The van der Waals surface area contributed by atoms with Gasteiger partial charge in [-0.25, -0.2) is 15.6 Å². The van der Waals surface area contributed by atoms with Crippen LogP contribution in [0.2, 0.25) is 0 Å². The largest absolute Gasteiger partial charge is 0.493 e. The Labute approximate surface area is 175 Å². The first-order chi connectivity index (χ1) is 14.6. The highest BCUT2D eigenvalue weighted by atomic mass is 16.5. The van der Waals surface area contributed by atoms with Gasteiger partial charge in [-0.2, -0.15) is 0 Å². The summed E-state index contributed by atoms with van der Waals surface area (Å²) in [7, 11) is 1.57. The summed E-state index contributed by atoms with van der Waals surface area (Å²) >= 11 is 0. The van der Waals surface area contributed by atoms with Crippen LogP contribution < -0.4 is 26.1 Å². The third-order valence-corrected chi connectivity index (χ3v) is 4.61. The molecule has 0 saturated heterocycles. The van der Waals surface area contributed by atoms with E-state index >= 15 is 0 Å². The smallest absolute Gasteiger partial charge is 0.338 e. The van der Waals surface area contributed by atoms with Crippen LogP contribution in [0.25, 0.3) is 0 Å². The van der Waals surface area contributed by atoms with Crippen molar-refractivity contribution in [3.05, 3.63) is 70.9 Å². The van der Waals surface area contributed by atoms with Gasteiger partial charge in [0.05, 0.1) is 19.3 Å². The number of allylic oxidation sites excluding steroid dienone is 1. The quantitative estimate of drug-likeness (QED) is 0.366. The lowest BCUT2D eigenvalue weighted by Gasteiger charge is -2.26. The fourth-order valence-electron chi connectivity index (χ4n) is 3.17. The number of guanidine groups is 1. The van der Waals surface area contributed by atoms with E-state index in [2.05, 4.69) is 15.7 Å². The number of nitrogens with zero attached hydrogens (tertiary/aromatic N) is 1. The van der Waals surface area contributed by atoms with Crippen LogP contribution in [0.4, 0.5) is 0 Å². The molecular formula is C22H26N4O4. The number of esters is 1. The van der Waals surface area contributed by atoms with E-state index in [1.54, 1.807) is 27.0 Å². The Morgan fingerprint density at radius 1 is 1.20 bits per heavy atom. The minimum absolute atomic E-state index is 0.267. The Hall–Kier alpha value is -3.52. The number of carbonyl (C=O) groups excluding carboxylic acids is 1. The topological polar surface area (TPSA) is 107 Å². The summed E-state index contributed by atoms with van der Waals surface area (Å²) < 4.78 is 16.7. The van der Waals surface area contributed by atoms with E-state index in [0.717, 1.165) is 11.1 Å². The Morgan fingerprint density at radius 2 is 1.97 bits per heavy atom. The molecule has 0 unspecified atom stereocenters. The molecule has 0 amide bonds. The molecule has 2 aromatic rings. The van der Waals surface area contributed by atoms with Gasteiger partial charge in [0.1, 0.15) is 12.6 Å². The molecule has 1 atom stereocenters. The molecule has 3 rings (SSSR count). The van der Waals surface area contributed by atoms with E-state index in [1.165, 1.54) is 0 Å². The first kappa shape index (κ1) is 21.2. The van der Waals surface area contributed by atoms with Gasteiger partial charge in [0.2, 0.25) is 5.96 Å². The SMILES string of the molecule is CCOC(=O)C1=C(C)NC(NN)=N[C@H]1c1ccc(OCc2ccccc2)c(OC)c1. The van der Waals surface area contributed by atoms with Crippen molar-refractivity contribution in [3.8, 4) is 11.5 Å². The van der Waals surface area contributed by atoms with E-state index in [-0.39, 0.29) is 6.61 Å². The molecule has 0 aromatic heterocycles. The van der Waals surface area contributed by atoms with Crippen molar-refractivity contribution in [2.75, 3.05) is 13.7 Å². The molecule has 0 saturated carbocycles. The van der Waals surface area contributed by atoms with Gasteiger partial charge >= 0.3 is 5.97 Å². The number of methoxy groups -OCH3 is 1. The fraction of sp³-hybridized carbons (Fsp3) is 0.273. The van der Waals surface area contributed by atoms with Crippen LogP contribution >= 0.6 is 0 Å². The molecular weight excluding hydrogens is 384 g/mol. The summed E-state index contributed by atoms with van der Waals surface area (Å²) in [4.78, 5) is 17.1. The normalized spacial score (nSPS) is 15.7. The summed E-state index contributed by atoms with van der Waals surface area (Å²) in [5.41, 5.74) is 5.32. The van der Waals surface area contributed by atoms with Gasteiger partial charge in [0.15, 0.2) is 11.5 Å². The summed E-state index contributed by atoms with van der Waals surface area (Å²) in [6.07, 6.45) is 0. The molecule has 30 heavy (non-hydrogen) atoms. The van der Waals surface area contributed by atoms with Crippen LogP contribution in [0.1, 0.15) is 31.0 Å². The molecule has 4 N–H and O–H groups in total. The Kier molecular flexibility index (Phi) is 6.92. The van der Waals surface area contributed by atoms with Crippen molar-refractivity contribution in [1.29, 1.82) is 0 Å². The number of hydrogen-bond acceptors (Lipinski definition) is 8.